The Morgan fingerprint density at radius 2 is 1.75 bits per heavy atom. The van der Waals surface area contributed by atoms with Crippen molar-refractivity contribution in [2.24, 2.45) is 0 Å². The van der Waals surface area contributed by atoms with Crippen molar-refractivity contribution in [2.75, 3.05) is 30.7 Å². The van der Waals surface area contributed by atoms with Crippen molar-refractivity contribution in [1.29, 1.82) is 0 Å². The van der Waals surface area contributed by atoms with E-state index in [4.69, 9.17) is 23.2 Å². The van der Waals surface area contributed by atoms with E-state index in [-0.39, 0.29) is 12.5 Å². The molecule has 9 heteroatoms. The average Bonchev–Trinajstić information content (AvgIpc) is 2.65. The molecule has 28 heavy (non-hydrogen) atoms. The Labute approximate surface area is 175 Å². The van der Waals surface area contributed by atoms with Gasteiger partial charge in [-0.15, -0.1) is 0 Å². The number of rotatable bonds is 9. The lowest BCUT2D eigenvalue weighted by Crippen LogP contribution is -2.30. The third-order valence-corrected chi connectivity index (χ3v) is 6.05. The zero-order chi connectivity index (χ0) is 20.7. The van der Waals surface area contributed by atoms with Gasteiger partial charge in [-0.05, 0) is 55.9 Å². The van der Waals surface area contributed by atoms with E-state index in [0.717, 1.165) is 19.2 Å². The number of nitrogens with zero attached hydrogens (tertiary/aromatic N) is 1. The van der Waals surface area contributed by atoms with Crippen molar-refractivity contribution in [3.63, 3.8) is 0 Å². The molecule has 0 saturated heterocycles. The first-order valence-electron chi connectivity index (χ1n) is 8.67. The van der Waals surface area contributed by atoms with Crippen LogP contribution in [-0.2, 0) is 16.6 Å². The molecule has 2 aromatic carbocycles. The summed E-state index contributed by atoms with van der Waals surface area (Å²) in [4.78, 5) is 12.2. The molecule has 0 bridgehead atoms. The van der Waals surface area contributed by atoms with E-state index in [1.165, 1.54) is 4.31 Å². The molecule has 2 aromatic rings. The normalized spacial score (nSPS) is 11.3. The van der Waals surface area contributed by atoms with Crippen LogP contribution in [0.1, 0.15) is 22.3 Å². The van der Waals surface area contributed by atoms with Crippen LogP contribution in [0.3, 0.4) is 0 Å². The number of nitrogens with one attached hydrogen (secondary N) is 2. The van der Waals surface area contributed by atoms with E-state index in [9.17, 15) is 13.2 Å². The van der Waals surface area contributed by atoms with Crippen molar-refractivity contribution in [3.05, 3.63) is 63.6 Å². The minimum absolute atomic E-state index is 0.0355. The first kappa shape index (κ1) is 22.5. The molecule has 0 aliphatic heterocycles. The maximum absolute atomic E-state index is 12.3. The minimum atomic E-state index is -3.58. The maximum Gasteiger partial charge on any atom is 0.251 e. The zero-order valence-electron chi connectivity index (χ0n) is 15.7. The summed E-state index contributed by atoms with van der Waals surface area (Å²) < 4.78 is 25.9. The van der Waals surface area contributed by atoms with Crippen LogP contribution in [0.15, 0.2) is 42.5 Å². The molecule has 0 aliphatic carbocycles. The highest BCUT2D eigenvalue weighted by Crippen LogP contribution is 2.29. The molecule has 0 aliphatic rings. The van der Waals surface area contributed by atoms with Crippen molar-refractivity contribution in [1.82, 2.24) is 10.6 Å². The lowest BCUT2D eigenvalue weighted by atomic mass is 10.1. The van der Waals surface area contributed by atoms with Crippen molar-refractivity contribution in [3.8, 4) is 0 Å². The fourth-order valence-electron chi connectivity index (χ4n) is 2.57. The fourth-order valence-corrected chi connectivity index (χ4v) is 3.83. The van der Waals surface area contributed by atoms with Crippen LogP contribution in [-0.4, -0.2) is 40.7 Å². The second kappa shape index (κ2) is 10.1. The summed E-state index contributed by atoms with van der Waals surface area (Å²) in [5.41, 5.74) is 1.48. The van der Waals surface area contributed by atoms with Gasteiger partial charge in [-0.25, -0.2) is 8.42 Å². The number of halogens is 2. The highest BCUT2D eigenvalue weighted by molar-refractivity contribution is 7.92. The van der Waals surface area contributed by atoms with Gasteiger partial charge in [0, 0.05) is 12.1 Å². The monoisotopic (exact) mass is 443 g/mol. The lowest BCUT2D eigenvalue weighted by Gasteiger charge is -2.23. The SMILES string of the molecule is CNCCCNC(=O)c1ccc(N(Cc2cccc(Cl)c2Cl)S(C)(=O)=O)cc1. The van der Waals surface area contributed by atoms with Gasteiger partial charge >= 0.3 is 0 Å². The molecule has 0 fully saturated rings. The van der Waals surface area contributed by atoms with E-state index >= 15 is 0 Å². The Hall–Kier alpha value is -1.80. The van der Waals surface area contributed by atoms with Gasteiger partial charge in [0.25, 0.3) is 5.91 Å². The largest absolute Gasteiger partial charge is 0.352 e. The molecule has 6 nitrogen and oxygen atoms in total. The Morgan fingerprint density at radius 1 is 1.07 bits per heavy atom. The third kappa shape index (κ3) is 6.10. The van der Waals surface area contributed by atoms with Crippen LogP contribution in [0.25, 0.3) is 0 Å². The smallest absolute Gasteiger partial charge is 0.251 e. The first-order valence-corrected chi connectivity index (χ1v) is 11.3. The molecule has 0 atom stereocenters. The summed E-state index contributed by atoms with van der Waals surface area (Å²) >= 11 is 12.2. The number of hydrogen-bond acceptors (Lipinski definition) is 4. The number of benzene rings is 2. The Balaban J connectivity index is 2.19. The molecule has 152 valence electrons. The maximum atomic E-state index is 12.3. The minimum Gasteiger partial charge on any atom is -0.352 e. The van der Waals surface area contributed by atoms with E-state index in [1.54, 1.807) is 42.5 Å². The standard InChI is InChI=1S/C19H23Cl2N3O3S/c1-22-11-4-12-23-19(25)14-7-9-16(10-8-14)24(28(2,26)27)13-15-5-3-6-17(20)18(15)21/h3,5-10,22H,4,11-13H2,1-2H3,(H,23,25). The van der Waals surface area contributed by atoms with Crippen LogP contribution >= 0.6 is 23.2 Å². The van der Waals surface area contributed by atoms with Crippen LogP contribution in [0.5, 0.6) is 0 Å². The Bertz CT molecular complexity index is 919. The highest BCUT2D eigenvalue weighted by Gasteiger charge is 2.20. The molecule has 0 spiro atoms. The van der Waals surface area contributed by atoms with Crippen molar-refractivity contribution in [2.45, 2.75) is 13.0 Å². The van der Waals surface area contributed by atoms with Gasteiger partial charge in [-0.1, -0.05) is 35.3 Å². The summed E-state index contributed by atoms with van der Waals surface area (Å²) in [5, 5.41) is 6.51. The van der Waals surface area contributed by atoms with Crippen LogP contribution in [0.4, 0.5) is 5.69 Å². The molecule has 2 N–H and O–H groups in total. The molecule has 1 amide bonds. The summed E-state index contributed by atoms with van der Waals surface area (Å²) in [6.07, 6.45) is 1.94. The zero-order valence-corrected chi connectivity index (χ0v) is 18.0. The van der Waals surface area contributed by atoms with E-state index < -0.39 is 10.0 Å². The first-order chi connectivity index (χ1) is 13.2. The van der Waals surface area contributed by atoms with Gasteiger partial charge in [0.15, 0.2) is 0 Å². The molecule has 0 radical (unpaired) electrons. The summed E-state index contributed by atoms with van der Waals surface area (Å²) in [7, 11) is -1.72. The number of anilines is 1. The molecule has 0 heterocycles. The highest BCUT2D eigenvalue weighted by atomic mass is 35.5. The van der Waals surface area contributed by atoms with E-state index in [0.29, 0.717) is 33.4 Å². The van der Waals surface area contributed by atoms with Crippen LogP contribution in [0, 0.1) is 0 Å². The van der Waals surface area contributed by atoms with Gasteiger partial charge in [0.1, 0.15) is 0 Å². The van der Waals surface area contributed by atoms with Crippen molar-refractivity contribution >= 4 is 44.8 Å². The van der Waals surface area contributed by atoms with Crippen LogP contribution < -0.4 is 14.9 Å². The number of carbonyl (C=O) groups is 1. The third-order valence-electron chi connectivity index (χ3n) is 4.05. The number of amides is 1. The molecule has 0 saturated carbocycles. The van der Waals surface area contributed by atoms with E-state index in [1.807, 2.05) is 7.05 Å². The molecular formula is C19H23Cl2N3O3S. The van der Waals surface area contributed by atoms with E-state index in [2.05, 4.69) is 10.6 Å². The molecule has 0 unspecified atom stereocenters. The number of carbonyl (C=O) groups excluding carboxylic acids is 1. The summed E-state index contributed by atoms with van der Waals surface area (Å²) in [5.74, 6) is -0.202. The lowest BCUT2D eigenvalue weighted by molar-refractivity contribution is 0.0953. The van der Waals surface area contributed by atoms with Gasteiger partial charge < -0.3 is 10.6 Å². The molecular weight excluding hydrogens is 421 g/mol. The Kier molecular flexibility index (Phi) is 8.12. The fraction of sp³-hybridized carbons (Fsp3) is 0.316. The Morgan fingerprint density at radius 3 is 2.36 bits per heavy atom. The molecule has 2 rings (SSSR count). The summed E-state index contributed by atoms with van der Waals surface area (Å²) in [6.45, 7) is 1.41. The number of hydrogen-bond donors (Lipinski definition) is 2. The summed E-state index contributed by atoms with van der Waals surface area (Å²) in [6, 6.07) is 11.5. The van der Waals surface area contributed by atoms with Gasteiger partial charge in [-0.2, -0.15) is 0 Å². The van der Waals surface area contributed by atoms with Crippen molar-refractivity contribution < 1.29 is 13.2 Å². The predicted octanol–water partition coefficient (Wildman–Crippen LogP) is 3.30. The van der Waals surface area contributed by atoms with Gasteiger partial charge in [-0.3, -0.25) is 9.10 Å². The second-order valence-corrected chi connectivity index (χ2v) is 8.93. The van der Waals surface area contributed by atoms with Crippen LogP contribution in [0.2, 0.25) is 10.0 Å². The van der Waals surface area contributed by atoms with Gasteiger partial charge in [0.2, 0.25) is 10.0 Å². The van der Waals surface area contributed by atoms with Gasteiger partial charge in [0.05, 0.1) is 28.5 Å². The quantitative estimate of drug-likeness (QED) is 0.582. The average molecular weight is 444 g/mol. The second-order valence-electron chi connectivity index (χ2n) is 6.24. The molecule has 0 aromatic heterocycles. The predicted molar refractivity (Wildman–Crippen MR) is 115 cm³/mol. The number of sulfonamides is 1. The topological polar surface area (TPSA) is 78.5 Å².